The lowest BCUT2D eigenvalue weighted by molar-refractivity contribution is 0.265. The number of benzene rings is 1. The Morgan fingerprint density at radius 2 is 2.10 bits per heavy atom. The van der Waals surface area contributed by atoms with Crippen molar-refractivity contribution in [2.75, 3.05) is 0 Å². The van der Waals surface area contributed by atoms with Gasteiger partial charge in [0.2, 0.25) is 0 Å². The summed E-state index contributed by atoms with van der Waals surface area (Å²) in [4.78, 5) is 0. The third kappa shape index (κ3) is 3.84. The monoisotopic (exact) mass is 277 g/mol. The number of furan rings is 1. The maximum atomic E-state index is 13.2. The van der Waals surface area contributed by atoms with Crippen molar-refractivity contribution in [2.24, 2.45) is 0 Å². The predicted octanol–water partition coefficient (Wildman–Crippen LogP) is 3.80. The summed E-state index contributed by atoms with van der Waals surface area (Å²) in [6.07, 6.45) is 1.65. The summed E-state index contributed by atoms with van der Waals surface area (Å²) in [5.41, 5.74) is 1.97. The quantitative estimate of drug-likeness (QED) is 0.872. The number of hydrogen-bond acceptors (Lipinski definition) is 3. The first kappa shape index (κ1) is 14.6. The molecule has 0 saturated carbocycles. The van der Waals surface area contributed by atoms with Gasteiger partial charge in [-0.1, -0.05) is 19.9 Å². The predicted molar refractivity (Wildman–Crippen MR) is 76.2 cm³/mol. The van der Waals surface area contributed by atoms with Gasteiger partial charge >= 0.3 is 0 Å². The van der Waals surface area contributed by atoms with Crippen molar-refractivity contribution in [1.29, 1.82) is 0 Å². The van der Waals surface area contributed by atoms with Crippen LogP contribution in [0.25, 0.3) is 0 Å². The summed E-state index contributed by atoms with van der Waals surface area (Å²) in [6, 6.07) is 6.85. The molecule has 0 unspecified atom stereocenters. The number of aryl methyl sites for hydroxylation is 1. The van der Waals surface area contributed by atoms with Crippen molar-refractivity contribution in [1.82, 2.24) is 5.32 Å². The first-order valence-corrected chi connectivity index (χ1v) is 6.74. The second-order valence-electron chi connectivity index (χ2n) is 5.10. The van der Waals surface area contributed by atoms with Crippen LogP contribution in [0.5, 0.6) is 5.75 Å². The Hall–Kier alpha value is -1.81. The number of ether oxygens (including phenoxy) is 1. The molecule has 1 aromatic heterocycles. The zero-order chi connectivity index (χ0) is 14.5. The van der Waals surface area contributed by atoms with E-state index >= 15 is 0 Å². The van der Waals surface area contributed by atoms with Crippen molar-refractivity contribution in [3.63, 3.8) is 0 Å². The maximum absolute atomic E-state index is 13.2. The van der Waals surface area contributed by atoms with Gasteiger partial charge in [-0.25, -0.2) is 4.39 Å². The Bertz CT molecular complexity index is 563. The third-order valence-corrected chi connectivity index (χ3v) is 3.05. The zero-order valence-electron chi connectivity index (χ0n) is 12.1. The number of nitrogens with one attached hydrogen (secondary N) is 1. The molecule has 0 atom stereocenters. The van der Waals surface area contributed by atoms with Crippen LogP contribution >= 0.6 is 0 Å². The van der Waals surface area contributed by atoms with E-state index in [9.17, 15) is 4.39 Å². The van der Waals surface area contributed by atoms with Crippen LogP contribution < -0.4 is 10.1 Å². The fourth-order valence-corrected chi connectivity index (χ4v) is 1.84. The van der Waals surface area contributed by atoms with Crippen LogP contribution in [0.3, 0.4) is 0 Å². The van der Waals surface area contributed by atoms with Gasteiger partial charge in [-0.2, -0.15) is 0 Å². The van der Waals surface area contributed by atoms with E-state index < -0.39 is 0 Å². The molecule has 0 saturated heterocycles. The van der Waals surface area contributed by atoms with Gasteiger partial charge < -0.3 is 14.5 Å². The van der Waals surface area contributed by atoms with Crippen LogP contribution in [0.2, 0.25) is 0 Å². The van der Waals surface area contributed by atoms with Gasteiger partial charge in [-0.3, -0.25) is 0 Å². The van der Waals surface area contributed by atoms with Crippen LogP contribution in [0, 0.1) is 12.7 Å². The van der Waals surface area contributed by atoms with Gasteiger partial charge in [0, 0.05) is 24.2 Å². The lowest BCUT2D eigenvalue weighted by Gasteiger charge is -2.10. The minimum Gasteiger partial charge on any atom is -0.485 e. The Morgan fingerprint density at radius 3 is 2.85 bits per heavy atom. The maximum Gasteiger partial charge on any atom is 0.146 e. The van der Waals surface area contributed by atoms with Crippen LogP contribution in [-0.4, -0.2) is 6.04 Å². The molecular formula is C16H20FNO2. The average Bonchev–Trinajstić information content (AvgIpc) is 2.85. The van der Waals surface area contributed by atoms with E-state index in [1.165, 1.54) is 12.1 Å². The fraction of sp³-hybridized carbons (Fsp3) is 0.375. The van der Waals surface area contributed by atoms with Gasteiger partial charge in [0.25, 0.3) is 0 Å². The number of hydrogen-bond donors (Lipinski definition) is 1. The molecule has 1 N–H and O–H groups in total. The molecule has 0 aliphatic heterocycles. The topological polar surface area (TPSA) is 34.4 Å². The largest absolute Gasteiger partial charge is 0.485 e. The molecule has 2 aromatic rings. The van der Waals surface area contributed by atoms with E-state index in [0.29, 0.717) is 18.4 Å². The van der Waals surface area contributed by atoms with E-state index in [4.69, 9.17) is 9.15 Å². The van der Waals surface area contributed by atoms with Gasteiger partial charge in [0.05, 0.1) is 6.26 Å². The van der Waals surface area contributed by atoms with Crippen LogP contribution in [-0.2, 0) is 13.2 Å². The summed E-state index contributed by atoms with van der Waals surface area (Å²) in [7, 11) is 0. The second-order valence-corrected chi connectivity index (χ2v) is 5.10. The van der Waals surface area contributed by atoms with Crippen molar-refractivity contribution in [2.45, 2.75) is 40.0 Å². The Labute approximate surface area is 118 Å². The lowest BCUT2D eigenvalue weighted by atomic mass is 10.2. The zero-order valence-corrected chi connectivity index (χ0v) is 12.1. The van der Waals surface area contributed by atoms with Gasteiger partial charge in [0.1, 0.15) is 23.9 Å². The Kier molecular flexibility index (Phi) is 4.79. The van der Waals surface area contributed by atoms with E-state index in [2.05, 4.69) is 19.2 Å². The molecule has 0 bridgehead atoms. The molecule has 0 radical (unpaired) electrons. The summed E-state index contributed by atoms with van der Waals surface area (Å²) < 4.78 is 24.3. The first-order chi connectivity index (χ1) is 9.56. The van der Waals surface area contributed by atoms with Crippen molar-refractivity contribution >= 4 is 0 Å². The highest BCUT2D eigenvalue weighted by atomic mass is 19.1. The minimum absolute atomic E-state index is 0.298. The van der Waals surface area contributed by atoms with Crippen LogP contribution in [0.1, 0.15) is 30.7 Å². The summed E-state index contributed by atoms with van der Waals surface area (Å²) in [5.74, 6) is 1.01. The van der Waals surface area contributed by atoms with E-state index in [-0.39, 0.29) is 5.82 Å². The average molecular weight is 277 g/mol. The Morgan fingerprint density at radius 1 is 1.30 bits per heavy atom. The fourth-order valence-electron chi connectivity index (χ4n) is 1.84. The second kappa shape index (κ2) is 6.57. The molecule has 0 spiro atoms. The lowest BCUT2D eigenvalue weighted by Crippen LogP contribution is -2.22. The van der Waals surface area contributed by atoms with Crippen molar-refractivity contribution in [3.05, 3.63) is 53.2 Å². The highest BCUT2D eigenvalue weighted by molar-refractivity contribution is 5.33. The van der Waals surface area contributed by atoms with Crippen molar-refractivity contribution in [3.8, 4) is 5.75 Å². The summed E-state index contributed by atoms with van der Waals surface area (Å²) in [6.45, 7) is 7.10. The molecule has 3 nitrogen and oxygen atoms in total. The van der Waals surface area contributed by atoms with Crippen LogP contribution in [0.4, 0.5) is 4.39 Å². The van der Waals surface area contributed by atoms with E-state index in [1.54, 1.807) is 12.3 Å². The molecule has 0 amide bonds. The van der Waals surface area contributed by atoms with Crippen LogP contribution in [0.15, 0.2) is 34.9 Å². The molecule has 20 heavy (non-hydrogen) atoms. The molecule has 0 aliphatic rings. The first-order valence-electron chi connectivity index (χ1n) is 6.74. The number of rotatable bonds is 6. The molecule has 2 rings (SSSR count). The van der Waals surface area contributed by atoms with Gasteiger partial charge in [-0.15, -0.1) is 0 Å². The number of halogens is 1. The third-order valence-electron chi connectivity index (χ3n) is 3.05. The summed E-state index contributed by atoms with van der Waals surface area (Å²) in [5, 5.41) is 3.33. The van der Waals surface area contributed by atoms with Gasteiger partial charge in [-0.05, 0) is 24.6 Å². The molecule has 0 fully saturated rings. The molecule has 4 heteroatoms. The highest BCUT2D eigenvalue weighted by Gasteiger charge is 2.09. The van der Waals surface area contributed by atoms with Gasteiger partial charge in [0.15, 0.2) is 0 Å². The smallest absolute Gasteiger partial charge is 0.146 e. The molecule has 1 heterocycles. The standard InChI is InChI=1S/C16H20FNO2/c1-11(2)18-9-13-6-7-19-16(13)10-20-15-8-14(17)5-4-12(15)3/h4-8,11,18H,9-10H2,1-3H3. The Balaban J connectivity index is 2.00. The van der Waals surface area contributed by atoms with E-state index in [0.717, 1.165) is 23.4 Å². The summed E-state index contributed by atoms with van der Waals surface area (Å²) >= 11 is 0. The minimum atomic E-state index is -0.299. The SMILES string of the molecule is Cc1ccc(F)cc1OCc1occc1CNC(C)C. The molecular weight excluding hydrogens is 257 g/mol. The molecule has 0 aliphatic carbocycles. The molecule has 108 valence electrons. The van der Waals surface area contributed by atoms with Crippen molar-refractivity contribution < 1.29 is 13.5 Å². The van der Waals surface area contributed by atoms with E-state index in [1.807, 2.05) is 13.0 Å². The normalized spacial score (nSPS) is 11.1. The molecule has 1 aromatic carbocycles. The highest BCUT2D eigenvalue weighted by Crippen LogP contribution is 2.21.